The summed E-state index contributed by atoms with van der Waals surface area (Å²) in [5, 5.41) is 0. The Bertz CT molecular complexity index is 519. The highest BCUT2D eigenvalue weighted by atomic mass is 16.1. The van der Waals surface area contributed by atoms with Crippen molar-refractivity contribution in [2.24, 2.45) is 0 Å². The van der Waals surface area contributed by atoms with Crippen LogP contribution in [0, 0.1) is 0 Å². The van der Waals surface area contributed by atoms with Gasteiger partial charge in [0.25, 0.3) is 0 Å². The molecule has 4 nitrogen and oxygen atoms in total. The van der Waals surface area contributed by atoms with E-state index in [1.807, 2.05) is 37.3 Å². The number of rotatable bonds is 3. The number of hydrogen-bond donors (Lipinski definition) is 1. The van der Waals surface area contributed by atoms with Crippen molar-refractivity contribution < 1.29 is 0 Å². The summed E-state index contributed by atoms with van der Waals surface area (Å²) in [7, 11) is 0. The summed E-state index contributed by atoms with van der Waals surface area (Å²) in [6.07, 6.45) is 1.71. The first kappa shape index (κ1) is 10.5. The van der Waals surface area contributed by atoms with Crippen LogP contribution < -0.4 is 5.69 Å². The van der Waals surface area contributed by atoms with Crippen LogP contribution in [0.15, 0.2) is 35.1 Å². The highest BCUT2D eigenvalue weighted by molar-refractivity contribution is 5.53. The molecule has 4 heteroatoms. The van der Waals surface area contributed by atoms with E-state index in [0.29, 0.717) is 11.6 Å². The quantitative estimate of drug-likeness (QED) is 0.849. The molecule has 1 aromatic heterocycles. The average Bonchev–Trinajstić information content (AvgIpc) is 2.30. The van der Waals surface area contributed by atoms with E-state index in [2.05, 4.69) is 15.0 Å². The smallest absolute Gasteiger partial charge is 0.294 e. The largest absolute Gasteiger partial charge is 0.348 e. The monoisotopic (exact) mass is 215 g/mol. The van der Waals surface area contributed by atoms with Crippen molar-refractivity contribution in [1.29, 1.82) is 0 Å². The standard InChI is InChI=1S/C12H13N3O/c1-2-6-10-13-11(15-12(16)14-10)9-7-4-3-5-8-9/h3-5,7-8H,2,6H2,1H3,(H,13,14,15,16). The Hall–Kier alpha value is -1.97. The minimum Gasteiger partial charge on any atom is -0.294 e. The molecule has 0 bridgehead atoms. The summed E-state index contributed by atoms with van der Waals surface area (Å²) in [4.78, 5) is 22.2. The van der Waals surface area contributed by atoms with E-state index in [9.17, 15) is 4.79 Å². The van der Waals surface area contributed by atoms with Crippen LogP contribution in [0.25, 0.3) is 11.4 Å². The van der Waals surface area contributed by atoms with Crippen molar-refractivity contribution in [2.75, 3.05) is 0 Å². The van der Waals surface area contributed by atoms with Gasteiger partial charge in [-0.1, -0.05) is 37.3 Å². The Morgan fingerprint density at radius 1 is 1.19 bits per heavy atom. The molecular weight excluding hydrogens is 202 g/mol. The first-order valence-electron chi connectivity index (χ1n) is 5.32. The summed E-state index contributed by atoms with van der Waals surface area (Å²) >= 11 is 0. The highest BCUT2D eigenvalue weighted by Crippen LogP contribution is 2.11. The minimum absolute atomic E-state index is 0.336. The Balaban J connectivity index is 2.45. The van der Waals surface area contributed by atoms with E-state index in [-0.39, 0.29) is 5.69 Å². The molecule has 0 aliphatic rings. The van der Waals surface area contributed by atoms with Crippen LogP contribution >= 0.6 is 0 Å². The number of hydrogen-bond acceptors (Lipinski definition) is 3. The third-order valence-corrected chi connectivity index (χ3v) is 2.22. The molecule has 2 aromatic rings. The van der Waals surface area contributed by atoms with Gasteiger partial charge in [-0.15, -0.1) is 0 Å². The van der Waals surface area contributed by atoms with Gasteiger partial charge in [0.15, 0.2) is 5.82 Å². The van der Waals surface area contributed by atoms with Gasteiger partial charge in [0.05, 0.1) is 0 Å². The second kappa shape index (κ2) is 4.70. The fourth-order valence-electron chi connectivity index (χ4n) is 1.50. The predicted octanol–water partition coefficient (Wildman–Crippen LogP) is 1.78. The summed E-state index contributed by atoms with van der Waals surface area (Å²) < 4.78 is 0. The van der Waals surface area contributed by atoms with Crippen molar-refractivity contribution in [2.45, 2.75) is 19.8 Å². The number of H-pyrrole nitrogens is 1. The lowest BCUT2D eigenvalue weighted by molar-refractivity contribution is 0.804. The van der Waals surface area contributed by atoms with Gasteiger partial charge in [0, 0.05) is 12.0 Å². The normalized spacial score (nSPS) is 10.3. The molecule has 0 saturated carbocycles. The van der Waals surface area contributed by atoms with Crippen LogP contribution in [0.3, 0.4) is 0 Å². The number of aromatic nitrogens is 3. The Morgan fingerprint density at radius 2 is 1.94 bits per heavy atom. The van der Waals surface area contributed by atoms with Gasteiger partial charge in [0.2, 0.25) is 0 Å². The number of nitrogens with one attached hydrogen (secondary N) is 1. The van der Waals surface area contributed by atoms with Gasteiger partial charge in [-0.2, -0.15) is 4.98 Å². The molecular formula is C12H13N3O. The third-order valence-electron chi connectivity index (χ3n) is 2.22. The number of aromatic amines is 1. The van der Waals surface area contributed by atoms with Crippen LogP contribution in [0.4, 0.5) is 0 Å². The van der Waals surface area contributed by atoms with Crippen LogP contribution in [-0.4, -0.2) is 15.0 Å². The number of benzene rings is 1. The molecule has 0 aliphatic heterocycles. The number of nitrogens with zero attached hydrogens (tertiary/aromatic N) is 2. The van der Waals surface area contributed by atoms with Crippen molar-refractivity contribution in [3.63, 3.8) is 0 Å². The first-order valence-corrected chi connectivity index (χ1v) is 5.32. The molecule has 0 saturated heterocycles. The summed E-state index contributed by atoms with van der Waals surface area (Å²) in [6.45, 7) is 2.04. The van der Waals surface area contributed by atoms with Gasteiger partial charge in [-0.3, -0.25) is 4.98 Å². The summed E-state index contributed by atoms with van der Waals surface area (Å²) in [5.41, 5.74) is 0.531. The van der Waals surface area contributed by atoms with Crippen molar-refractivity contribution in [3.05, 3.63) is 46.6 Å². The van der Waals surface area contributed by atoms with E-state index < -0.39 is 0 Å². The van der Waals surface area contributed by atoms with Crippen LogP contribution in [-0.2, 0) is 6.42 Å². The van der Waals surface area contributed by atoms with Crippen molar-refractivity contribution >= 4 is 0 Å². The van der Waals surface area contributed by atoms with Crippen LogP contribution in [0.1, 0.15) is 19.2 Å². The summed E-state index contributed by atoms with van der Waals surface area (Å²) in [6, 6.07) is 9.51. The predicted molar refractivity (Wildman–Crippen MR) is 62.1 cm³/mol. The molecule has 2 rings (SSSR count). The molecule has 0 unspecified atom stereocenters. The zero-order valence-corrected chi connectivity index (χ0v) is 9.10. The number of aryl methyl sites for hydroxylation is 1. The van der Waals surface area contributed by atoms with Crippen molar-refractivity contribution in [1.82, 2.24) is 15.0 Å². The van der Waals surface area contributed by atoms with Gasteiger partial charge in [-0.05, 0) is 6.42 Å². The van der Waals surface area contributed by atoms with Gasteiger partial charge < -0.3 is 0 Å². The lowest BCUT2D eigenvalue weighted by Crippen LogP contribution is -2.16. The lowest BCUT2D eigenvalue weighted by atomic mass is 10.2. The molecule has 0 aliphatic carbocycles. The van der Waals surface area contributed by atoms with Crippen LogP contribution in [0.2, 0.25) is 0 Å². The average molecular weight is 215 g/mol. The first-order chi connectivity index (χ1) is 7.79. The van der Waals surface area contributed by atoms with Crippen LogP contribution in [0.5, 0.6) is 0 Å². The maximum absolute atomic E-state index is 11.4. The molecule has 0 fully saturated rings. The van der Waals surface area contributed by atoms with E-state index in [0.717, 1.165) is 18.4 Å². The van der Waals surface area contributed by atoms with E-state index in [4.69, 9.17) is 0 Å². The second-order valence-corrected chi connectivity index (χ2v) is 3.54. The second-order valence-electron chi connectivity index (χ2n) is 3.54. The molecule has 0 spiro atoms. The fourth-order valence-corrected chi connectivity index (χ4v) is 1.50. The Morgan fingerprint density at radius 3 is 2.62 bits per heavy atom. The molecule has 0 radical (unpaired) electrons. The molecule has 16 heavy (non-hydrogen) atoms. The minimum atomic E-state index is -0.336. The SMILES string of the molecule is CCCc1nc(-c2ccccc2)nc(=O)[nH]1. The Kier molecular flexibility index (Phi) is 3.10. The molecule has 1 N–H and O–H groups in total. The van der Waals surface area contributed by atoms with E-state index >= 15 is 0 Å². The Labute approximate surface area is 93.4 Å². The van der Waals surface area contributed by atoms with E-state index in [1.165, 1.54) is 0 Å². The zero-order valence-electron chi connectivity index (χ0n) is 9.10. The fraction of sp³-hybridized carbons (Fsp3) is 0.250. The van der Waals surface area contributed by atoms with Crippen molar-refractivity contribution in [3.8, 4) is 11.4 Å². The molecule has 82 valence electrons. The van der Waals surface area contributed by atoms with Gasteiger partial charge in [0.1, 0.15) is 5.82 Å². The van der Waals surface area contributed by atoms with E-state index in [1.54, 1.807) is 0 Å². The van der Waals surface area contributed by atoms with Gasteiger partial charge >= 0.3 is 5.69 Å². The molecule has 0 amide bonds. The molecule has 1 heterocycles. The lowest BCUT2D eigenvalue weighted by Gasteiger charge is -2.01. The molecule has 0 atom stereocenters. The molecule has 1 aromatic carbocycles. The van der Waals surface area contributed by atoms with Gasteiger partial charge in [-0.25, -0.2) is 9.78 Å². The third kappa shape index (κ3) is 2.34. The highest BCUT2D eigenvalue weighted by Gasteiger charge is 2.04. The maximum Gasteiger partial charge on any atom is 0.348 e. The zero-order chi connectivity index (χ0) is 11.4. The topological polar surface area (TPSA) is 58.6 Å². The summed E-state index contributed by atoms with van der Waals surface area (Å²) in [5.74, 6) is 1.19. The maximum atomic E-state index is 11.4.